The number of aromatic nitrogens is 1. The maximum atomic E-state index is 13.0. The zero-order valence-electron chi connectivity index (χ0n) is 12.9. The lowest BCUT2D eigenvalue weighted by Crippen LogP contribution is -2.38. The monoisotopic (exact) mass is 369 g/mol. The Morgan fingerprint density at radius 2 is 2.09 bits per heavy atom. The third-order valence-electron chi connectivity index (χ3n) is 4.53. The fourth-order valence-electron chi connectivity index (χ4n) is 3.33. The molecule has 4 rings (SSSR count). The van der Waals surface area contributed by atoms with Crippen LogP contribution in [-0.4, -0.2) is 42.9 Å². The molecule has 2 aliphatic heterocycles. The van der Waals surface area contributed by atoms with Gasteiger partial charge in [-0.3, -0.25) is 0 Å². The van der Waals surface area contributed by atoms with Crippen LogP contribution in [0.1, 0.15) is 24.3 Å². The van der Waals surface area contributed by atoms with Crippen LogP contribution in [-0.2, 0) is 10.0 Å². The zero-order chi connectivity index (χ0) is 16.0. The van der Waals surface area contributed by atoms with Gasteiger partial charge in [-0.25, -0.2) is 13.4 Å². The Balaban J connectivity index is 1.60. The molecule has 2 saturated heterocycles. The SMILES string of the molecule is Cc1nc(-c2ccc(S(=O)(=O)N3CCC4CCC(C3)N4)s2)cs1. The normalized spacial score (nSPS) is 25.6. The molecule has 8 heteroatoms. The first-order chi connectivity index (χ1) is 11.0. The van der Waals surface area contributed by atoms with Crippen molar-refractivity contribution in [2.24, 2.45) is 0 Å². The largest absolute Gasteiger partial charge is 0.310 e. The molecule has 0 aromatic carbocycles. The van der Waals surface area contributed by atoms with Crippen molar-refractivity contribution in [2.45, 2.75) is 42.5 Å². The number of thiophene rings is 1. The van der Waals surface area contributed by atoms with Crippen LogP contribution in [0.2, 0.25) is 0 Å². The molecule has 0 spiro atoms. The van der Waals surface area contributed by atoms with Gasteiger partial charge in [0.05, 0.1) is 15.6 Å². The molecule has 1 N–H and O–H groups in total. The summed E-state index contributed by atoms with van der Waals surface area (Å²) in [5, 5.41) is 6.50. The summed E-state index contributed by atoms with van der Waals surface area (Å²) in [5.41, 5.74) is 0.871. The number of rotatable bonds is 3. The molecular formula is C15H19N3O2S3. The van der Waals surface area contributed by atoms with Crippen molar-refractivity contribution in [1.82, 2.24) is 14.6 Å². The summed E-state index contributed by atoms with van der Waals surface area (Å²) in [6, 6.07) is 4.38. The first-order valence-corrected chi connectivity index (χ1v) is 10.9. The third-order valence-corrected chi connectivity index (χ3v) is 8.75. The van der Waals surface area contributed by atoms with Gasteiger partial charge in [-0.15, -0.1) is 22.7 Å². The van der Waals surface area contributed by atoms with Crippen LogP contribution < -0.4 is 5.32 Å². The fourth-order valence-corrected chi connectivity index (χ4v) is 6.94. The number of thiazole rings is 1. The van der Waals surface area contributed by atoms with Gasteiger partial charge in [0.15, 0.2) is 0 Å². The Hall–Kier alpha value is -0.800. The first kappa shape index (κ1) is 15.7. The van der Waals surface area contributed by atoms with Gasteiger partial charge in [-0.1, -0.05) is 0 Å². The Labute approximate surface area is 144 Å². The Kier molecular flexibility index (Phi) is 4.05. The van der Waals surface area contributed by atoms with Gasteiger partial charge in [0.2, 0.25) is 0 Å². The van der Waals surface area contributed by atoms with E-state index in [4.69, 9.17) is 0 Å². The van der Waals surface area contributed by atoms with E-state index in [0.717, 1.165) is 28.4 Å². The number of nitrogens with one attached hydrogen (secondary N) is 1. The molecule has 0 amide bonds. The minimum Gasteiger partial charge on any atom is -0.310 e. The zero-order valence-corrected chi connectivity index (χ0v) is 15.3. The van der Waals surface area contributed by atoms with Crippen LogP contribution in [0.15, 0.2) is 21.7 Å². The quantitative estimate of drug-likeness (QED) is 0.904. The van der Waals surface area contributed by atoms with E-state index >= 15 is 0 Å². The molecule has 2 unspecified atom stereocenters. The average Bonchev–Trinajstić information content (AvgIpc) is 3.18. The number of hydrogen-bond donors (Lipinski definition) is 1. The number of hydrogen-bond acceptors (Lipinski definition) is 6. The Bertz CT molecular complexity index is 812. The topological polar surface area (TPSA) is 62.3 Å². The van der Waals surface area contributed by atoms with Gasteiger partial charge in [-0.2, -0.15) is 4.31 Å². The number of sulfonamides is 1. The molecule has 2 aromatic rings. The molecule has 2 aliphatic rings. The third kappa shape index (κ3) is 2.98. The van der Waals surface area contributed by atoms with Crippen molar-refractivity contribution in [3.63, 3.8) is 0 Å². The van der Waals surface area contributed by atoms with Crippen LogP contribution in [0.25, 0.3) is 10.6 Å². The molecule has 0 saturated carbocycles. The van der Waals surface area contributed by atoms with E-state index in [1.54, 1.807) is 21.7 Å². The summed E-state index contributed by atoms with van der Waals surface area (Å²) in [6.07, 6.45) is 3.15. The second-order valence-corrected chi connectivity index (χ2v) is 10.5. The van der Waals surface area contributed by atoms with Gasteiger partial charge in [-0.05, 0) is 38.3 Å². The average molecular weight is 370 g/mol. The van der Waals surface area contributed by atoms with Crippen LogP contribution in [0.5, 0.6) is 0 Å². The number of nitrogens with zero attached hydrogens (tertiary/aromatic N) is 2. The lowest BCUT2D eigenvalue weighted by Gasteiger charge is -2.22. The fraction of sp³-hybridized carbons (Fsp3) is 0.533. The maximum Gasteiger partial charge on any atom is 0.252 e. The Morgan fingerprint density at radius 3 is 2.87 bits per heavy atom. The molecule has 0 aliphatic carbocycles. The molecule has 2 aromatic heterocycles. The van der Waals surface area contributed by atoms with E-state index in [1.165, 1.54) is 17.8 Å². The summed E-state index contributed by atoms with van der Waals surface area (Å²) in [6.45, 7) is 3.15. The molecule has 124 valence electrons. The van der Waals surface area contributed by atoms with Gasteiger partial charge in [0.1, 0.15) is 4.21 Å². The van der Waals surface area contributed by atoms with E-state index in [9.17, 15) is 8.42 Å². The highest BCUT2D eigenvalue weighted by Crippen LogP contribution is 2.34. The van der Waals surface area contributed by atoms with E-state index < -0.39 is 10.0 Å². The maximum absolute atomic E-state index is 13.0. The van der Waals surface area contributed by atoms with Crippen molar-refractivity contribution in [3.05, 3.63) is 22.5 Å². The van der Waals surface area contributed by atoms with E-state index in [0.29, 0.717) is 29.4 Å². The summed E-state index contributed by atoms with van der Waals surface area (Å²) < 4.78 is 28.0. The summed E-state index contributed by atoms with van der Waals surface area (Å²) in [5.74, 6) is 0. The number of fused-ring (bicyclic) bond motifs is 2. The molecule has 23 heavy (non-hydrogen) atoms. The standard InChI is InChI=1S/C15H19N3O2S3/c1-10-16-13(9-21-10)14-4-5-15(22-14)23(19,20)18-7-6-11-2-3-12(8-18)17-11/h4-5,9,11-12,17H,2-3,6-8H2,1H3. The molecule has 5 nitrogen and oxygen atoms in total. The lowest BCUT2D eigenvalue weighted by molar-refractivity contribution is 0.384. The summed E-state index contributed by atoms with van der Waals surface area (Å²) >= 11 is 2.90. The highest BCUT2D eigenvalue weighted by Gasteiger charge is 2.35. The van der Waals surface area contributed by atoms with E-state index in [-0.39, 0.29) is 0 Å². The second-order valence-electron chi connectivity index (χ2n) is 6.16. The molecular weight excluding hydrogens is 350 g/mol. The van der Waals surface area contributed by atoms with Crippen molar-refractivity contribution in [3.8, 4) is 10.6 Å². The second kappa shape index (κ2) is 5.93. The highest BCUT2D eigenvalue weighted by molar-refractivity contribution is 7.91. The van der Waals surface area contributed by atoms with Crippen LogP contribution >= 0.6 is 22.7 Å². The lowest BCUT2D eigenvalue weighted by atomic mass is 10.1. The minimum atomic E-state index is -3.40. The molecule has 2 atom stereocenters. The predicted molar refractivity (Wildman–Crippen MR) is 93.5 cm³/mol. The smallest absolute Gasteiger partial charge is 0.252 e. The van der Waals surface area contributed by atoms with Crippen molar-refractivity contribution >= 4 is 32.7 Å². The predicted octanol–water partition coefficient (Wildman–Crippen LogP) is 2.70. The molecule has 0 radical (unpaired) electrons. The van der Waals surface area contributed by atoms with Crippen LogP contribution in [0, 0.1) is 6.92 Å². The Morgan fingerprint density at radius 1 is 1.26 bits per heavy atom. The van der Waals surface area contributed by atoms with Gasteiger partial charge in [0, 0.05) is 30.6 Å². The van der Waals surface area contributed by atoms with Gasteiger partial charge < -0.3 is 5.32 Å². The molecule has 4 heterocycles. The van der Waals surface area contributed by atoms with Crippen LogP contribution in [0.4, 0.5) is 0 Å². The highest BCUT2D eigenvalue weighted by atomic mass is 32.2. The summed E-state index contributed by atoms with van der Waals surface area (Å²) in [4.78, 5) is 5.36. The first-order valence-electron chi connectivity index (χ1n) is 7.81. The van der Waals surface area contributed by atoms with Gasteiger partial charge >= 0.3 is 0 Å². The molecule has 2 bridgehead atoms. The van der Waals surface area contributed by atoms with Crippen molar-refractivity contribution < 1.29 is 8.42 Å². The minimum absolute atomic E-state index is 0.304. The van der Waals surface area contributed by atoms with E-state index in [1.807, 2.05) is 18.4 Å². The van der Waals surface area contributed by atoms with E-state index in [2.05, 4.69) is 10.3 Å². The van der Waals surface area contributed by atoms with Crippen molar-refractivity contribution in [2.75, 3.05) is 13.1 Å². The van der Waals surface area contributed by atoms with Crippen LogP contribution in [0.3, 0.4) is 0 Å². The van der Waals surface area contributed by atoms with Crippen molar-refractivity contribution in [1.29, 1.82) is 0 Å². The number of aryl methyl sites for hydroxylation is 1. The van der Waals surface area contributed by atoms with Gasteiger partial charge in [0.25, 0.3) is 10.0 Å². The molecule has 2 fully saturated rings. The summed E-state index contributed by atoms with van der Waals surface area (Å²) in [7, 11) is -3.40.